The molecular formula is C16H15Cl2N3O4. The first-order chi connectivity index (χ1) is 11.7. The minimum Gasteiger partial charge on any atom is -0.452 e. The number of hydrogen-bond donors (Lipinski definition) is 1. The van der Waals surface area contributed by atoms with Gasteiger partial charge < -0.3 is 10.1 Å². The molecule has 0 atom stereocenters. The van der Waals surface area contributed by atoms with E-state index in [1.54, 1.807) is 32.0 Å². The Kier molecular flexibility index (Phi) is 5.81. The van der Waals surface area contributed by atoms with Crippen molar-refractivity contribution >= 4 is 40.8 Å². The van der Waals surface area contributed by atoms with E-state index < -0.39 is 24.0 Å². The van der Waals surface area contributed by atoms with E-state index >= 15 is 0 Å². The molecule has 1 N–H and O–H groups in total. The number of esters is 1. The fourth-order valence-corrected chi connectivity index (χ4v) is 2.43. The zero-order valence-electron chi connectivity index (χ0n) is 13.7. The number of carbonyl (C=O) groups is 2. The van der Waals surface area contributed by atoms with Gasteiger partial charge in [-0.2, -0.15) is 5.10 Å². The molecule has 1 aromatic heterocycles. The molecule has 0 aliphatic carbocycles. The second-order valence-corrected chi connectivity index (χ2v) is 6.03. The van der Waals surface area contributed by atoms with Crippen molar-refractivity contribution in [1.29, 1.82) is 0 Å². The van der Waals surface area contributed by atoms with E-state index in [9.17, 15) is 14.4 Å². The molecule has 0 aliphatic heterocycles. The number of nitrogens with zero attached hydrogens (tertiary/aromatic N) is 2. The van der Waals surface area contributed by atoms with Crippen molar-refractivity contribution in [1.82, 2.24) is 9.78 Å². The molecule has 1 amide bonds. The van der Waals surface area contributed by atoms with Crippen LogP contribution in [0.1, 0.15) is 21.6 Å². The lowest BCUT2D eigenvalue weighted by Gasteiger charge is -2.11. The Labute approximate surface area is 153 Å². The molecule has 7 nitrogen and oxygen atoms in total. The minimum absolute atomic E-state index is 0.149. The highest BCUT2D eigenvalue weighted by molar-refractivity contribution is 6.44. The monoisotopic (exact) mass is 383 g/mol. The van der Waals surface area contributed by atoms with Crippen molar-refractivity contribution in [2.45, 2.75) is 13.8 Å². The molecule has 2 aromatic rings. The molecule has 1 heterocycles. The summed E-state index contributed by atoms with van der Waals surface area (Å²) in [5, 5.41) is 6.92. The van der Waals surface area contributed by atoms with Gasteiger partial charge in [-0.3, -0.25) is 9.59 Å². The Morgan fingerprint density at radius 3 is 2.64 bits per heavy atom. The maximum absolute atomic E-state index is 12.2. The van der Waals surface area contributed by atoms with Gasteiger partial charge in [-0.05, 0) is 31.5 Å². The van der Waals surface area contributed by atoms with Crippen molar-refractivity contribution in [2.75, 3.05) is 11.9 Å². The molecule has 2 rings (SSSR count). The van der Waals surface area contributed by atoms with Crippen LogP contribution in [-0.4, -0.2) is 28.3 Å². The number of anilines is 1. The number of ether oxygens (including phenoxy) is 1. The second kappa shape index (κ2) is 7.67. The highest BCUT2D eigenvalue weighted by Gasteiger charge is 2.20. The Balaban J connectivity index is 2.09. The van der Waals surface area contributed by atoms with Crippen LogP contribution in [0.25, 0.3) is 0 Å². The van der Waals surface area contributed by atoms with Crippen molar-refractivity contribution in [3.05, 3.63) is 55.4 Å². The van der Waals surface area contributed by atoms with Crippen LogP contribution < -0.4 is 10.9 Å². The van der Waals surface area contributed by atoms with Crippen LogP contribution in [0.3, 0.4) is 0 Å². The summed E-state index contributed by atoms with van der Waals surface area (Å²) in [6.07, 6.45) is 0. The van der Waals surface area contributed by atoms with Gasteiger partial charge >= 0.3 is 5.97 Å². The molecule has 0 fully saturated rings. The number of aryl methyl sites for hydroxylation is 2. The van der Waals surface area contributed by atoms with Crippen molar-refractivity contribution in [2.24, 2.45) is 7.05 Å². The third-order valence-corrected chi connectivity index (χ3v) is 4.31. The van der Waals surface area contributed by atoms with Crippen LogP contribution in [0.5, 0.6) is 0 Å². The lowest BCUT2D eigenvalue weighted by molar-refractivity contribution is -0.119. The average Bonchev–Trinajstić information content (AvgIpc) is 2.55. The van der Waals surface area contributed by atoms with Crippen LogP contribution in [0.4, 0.5) is 5.69 Å². The van der Waals surface area contributed by atoms with Gasteiger partial charge in [-0.15, -0.1) is 0 Å². The van der Waals surface area contributed by atoms with E-state index in [0.29, 0.717) is 16.9 Å². The summed E-state index contributed by atoms with van der Waals surface area (Å²) < 4.78 is 5.98. The van der Waals surface area contributed by atoms with Gasteiger partial charge in [0.2, 0.25) is 0 Å². The third-order valence-electron chi connectivity index (χ3n) is 3.49. The lowest BCUT2D eigenvalue weighted by Crippen LogP contribution is -2.31. The fourth-order valence-electron chi connectivity index (χ4n) is 2.08. The topological polar surface area (TPSA) is 90.3 Å². The molecule has 0 saturated carbocycles. The summed E-state index contributed by atoms with van der Waals surface area (Å²) >= 11 is 11.8. The average molecular weight is 384 g/mol. The van der Waals surface area contributed by atoms with E-state index in [2.05, 4.69) is 10.4 Å². The van der Waals surface area contributed by atoms with Gasteiger partial charge in [0, 0.05) is 7.05 Å². The zero-order chi connectivity index (χ0) is 18.7. The number of benzene rings is 1. The minimum atomic E-state index is -0.893. The molecular weight excluding hydrogens is 369 g/mol. The Morgan fingerprint density at radius 2 is 1.96 bits per heavy atom. The smallest absolute Gasteiger partial charge is 0.344 e. The normalized spacial score (nSPS) is 10.4. The molecule has 132 valence electrons. The predicted octanol–water partition coefficient (Wildman–Crippen LogP) is 2.50. The van der Waals surface area contributed by atoms with Crippen molar-refractivity contribution < 1.29 is 14.3 Å². The molecule has 9 heteroatoms. The molecule has 0 saturated heterocycles. The molecule has 0 spiro atoms. The van der Waals surface area contributed by atoms with E-state index in [0.717, 1.165) is 4.68 Å². The lowest BCUT2D eigenvalue weighted by atomic mass is 10.1. The highest BCUT2D eigenvalue weighted by Crippen LogP contribution is 2.29. The van der Waals surface area contributed by atoms with E-state index in [1.165, 1.54) is 7.05 Å². The highest BCUT2D eigenvalue weighted by atomic mass is 35.5. The molecule has 0 unspecified atom stereocenters. The van der Waals surface area contributed by atoms with Gasteiger partial charge in [0.1, 0.15) is 5.56 Å². The molecule has 1 aromatic carbocycles. The molecule has 0 aliphatic rings. The first kappa shape index (κ1) is 19.0. The van der Waals surface area contributed by atoms with E-state index in [1.807, 2.05) is 0 Å². The number of carbonyl (C=O) groups excluding carboxylic acids is 2. The Hall–Kier alpha value is -2.38. The largest absolute Gasteiger partial charge is 0.452 e. The van der Waals surface area contributed by atoms with Crippen LogP contribution in [0, 0.1) is 13.8 Å². The molecule has 0 bridgehead atoms. The maximum Gasteiger partial charge on any atom is 0.344 e. The SMILES string of the molecule is Cc1nn(C)c(=O)c(C(=O)OCC(=O)Nc2cccc(Cl)c2Cl)c1C. The number of nitrogens with one attached hydrogen (secondary N) is 1. The van der Waals surface area contributed by atoms with Gasteiger partial charge in [0.05, 0.1) is 21.4 Å². The van der Waals surface area contributed by atoms with Crippen molar-refractivity contribution in [3.8, 4) is 0 Å². The summed E-state index contributed by atoms with van der Waals surface area (Å²) in [5.74, 6) is -1.51. The van der Waals surface area contributed by atoms with Gasteiger partial charge in [0.15, 0.2) is 6.61 Å². The standard InChI is InChI=1S/C16H15Cl2N3O4/c1-8-9(2)20-21(3)15(23)13(8)16(24)25-7-12(22)19-11-6-4-5-10(17)14(11)18/h4-6H,7H2,1-3H3,(H,19,22). The van der Waals surface area contributed by atoms with Crippen LogP contribution in [0.15, 0.2) is 23.0 Å². The number of halogens is 2. The maximum atomic E-state index is 12.2. The first-order valence-electron chi connectivity index (χ1n) is 7.18. The van der Waals surface area contributed by atoms with Gasteiger partial charge in [-0.1, -0.05) is 29.3 Å². The van der Waals surface area contributed by atoms with Crippen LogP contribution in [-0.2, 0) is 16.6 Å². The van der Waals surface area contributed by atoms with Crippen LogP contribution >= 0.6 is 23.2 Å². The van der Waals surface area contributed by atoms with Gasteiger partial charge in [-0.25, -0.2) is 9.48 Å². The predicted molar refractivity (Wildman–Crippen MR) is 94.3 cm³/mol. The Bertz CT molecular complexity index is 909. The first-order valence-corrected chi connectivity index (χ1v) is 7.93. The summed E-state index contributed by atoms with van der Waals surface area (Å²) in [6, 6.07) is 4.74. The van der Waals surface area contributed by atoms with E-state index in [4.69, 9.17) is 27.9 Å². The number of aromatic nitrogens is 2. The third kappa shape index (κ3) is 4.18. The second-order valence-electron chi connectivity index (χ2n) is 5.24. The van der Waals surface area contributed by atoms with Crippen LogP contribution in [0.2, 0.25) is 10.0 Å². The molecule has 0 radical (unpaired) electrons. The summed E-state index contributed by atoms with van der Waals surface area (Å²) in [4.78, 5) is 36.2. The quantitative estimate of drug-likeness (QED) is 0.819. The number of rotatable bonds is 4. The number of amides is 1. The zero-order valence-corrected chi connectivity index (χ0v) is 15.2. The van der Waals surface area contributed by atoms with Crippen molar-refractivity contribution in [3.63, 3.8) is 0 Å². The fraction of sp³-hybridized carbons (Fsp3) is 0.250. The summed E-state index contributed by atoms with van der Waals surface area (Å²) in [7, 11) is 1.43. The summed E-state index contributed by atoms with van der Waals surface area (Å²) in [5.41, 5.74) is 0.479. The summed E-state index contributed by atoms with van der Waals surface area (Å²) in [6.45, 7) is 2.68. The van der Waals surface area contributed by atoms with Gasteiger partial charge in [0.25, 0.3) is 11.5 Å². The van der Waals surface area contributed by atoms with E-state index in [-0.39, 0.29) is 15.6 Å². The Morgan fingerprint density at radius 1 is 1.28 bits per heavy atom. The number of hydrogen-bond acceptors (Lipinski definition) is 5. The molecule has 25 heavy (non-hydrogen) atoms.